The fraction of sp³-hybridized carbons (Fsp3) is 0.0909. The first-order chi connectivity index (χ1) is 7.65. The Labute approximate surface area is 117 Å². The van der Waals surface area contributed by atoms with Gasteiger partial charge in [-0.15, -0.1) is 11.3 Å². The third-order valence-corrected chi connectivity index (χ3v) is 4.27. The predicted octanol–water partition coefficient (Wildman–Crippen LogP) is 5.43. The fourth-order valence-electron chi connectivity index (χ4n) is 1.26. The van der Waals surface area contributed by atoms with Crippen molar-refractivity contribution < 1.29 is 0 Å². The molecular formula is C11H8BrCl2NS. The van der Waals surface area contributed by atoms with E-state index in [4.69, 9.17) is 23.2 Å². The first-order valence-corrected chi connectivity index (χ1v) is 7.00. The molecule has 0 saturated heterocycles. The summed E-state index contributed by atoms with van der Waals surface area (Å²) in [6.45, 7) is 0.746. The van der Waals surface area contributed by atoms with Crippen molar-refractivity contribution in [2.45, 2.75) is 6.54 Å². The molecule has 1 aromatic heterocycles. The van der Waals surface area contributed by atoms with Crippen LogP contribution in [0.2, 0.25) is 10.0 Å². The normalized spacial score (nSPS) is 10.4. The molecule has 0 atom stereocenters. The number of rotatable bonds is 3. The molecule has 1 N–H and O–H groups in total. The second kappa shape index (κ2) is 5.41. The summed E-state index contributed by atoms with van der Waals surface area (Å²) in [5.74, 6) is 0. The molecule has 0 aliphatic rings. The van der Waals surface area contributed by atoms with Crippen molar-refractivity contribution in [1.29, 1.82) is 0 Å². The maximum atomic E-state index is 6.04. The minimum atomic E-state index is 0.680. The average molecular weight is 337 g/mol. The van der Waals surface area contributed by atoms with Crippen LogP contribution in [0.5, 0.6) is 0 Å². The van der Waals surface area contributed by atoms with Crippen LogP contribution >= 0.6 is 50.5 Å². The lowest BCUT2D eigenvalue weighted by atomic mass is 10.3. The average Bonchev–Trinajstić information content (AvgIpc) is 2.66. The Morgan fingerprint density at radius 2 is 2.06 bits per heavy atom. The van der Waals surface area contributed by atoms with Gasteiger partial charge in [-0.25, -0.2) is 0 Å². The van der Waals surface area contributed by atoms with Gasteiger partial charge >= 0.3 is 0 Å². The van der Waals surface area contributed by atoms with E-state index in [-0.39, 0.29) is 0 Å². The molecule has 0 amide bonds. The van der Waals surface area contributed by atoms with Crippen molar-refractivity contribution in [3.05, 3.63) is 49.0 Å². The topological polar surface area (TPSA) is 12.0 Å². The summed E-state index contributed by atoms with van der Waals surface area (Å²) in [6, 6.07) is 7.47. The monoisotopic (exact) mass is 335 g/mol. The van der Waals surface area contributed by atoms with Gasteiger partial charge in [-0.1, -0.05) is 23.2 Å². The second-order valence-electron chi connectivity index (χ2n) is 3.21. The van der Waals surface area contributed by atoms with E-state index in [1.807, 2.05) is 6.07 Å². The van der Waals surface area contributed by atoms with Crippen LogP contribution in [-0.2, 0) is 6.54 Å². The third-order valence-electron chi connectivity index (χ3n) is 2.00. The highest BCUT2D eigenvalue weighted by Gasteiger charge is 2.02. The number of halogens is 3. The summed E-state index contributed by atoms with van der Waals surface area (Å²) in [5, 5.41) is 6.67. The van der Waals surface area contributed by atoms with Crippen LogP contribution in [0.4, 0.5) is 5.69 Å². The van der Waals surface area contributed by atoms with Crippen LogP contribution in [0.25, 0.3) is 0 Å². The summed E-state index contributed by atoms with van der Waals surface area (Å²) in [7, 11) is 0. The molecule has 1 heterocycles. The summed E-state index contributed by atoms with van der Waals surface area (Å²) in [6.07, 6.45) is 0. The van der Waals surface area contributed by atoms with Crippen molar-refractivity contribution >= 4 is 56.2 Å². The Bertz CT molecular complexity index is 498. The van der Waals surface area contributed by atoms with E-state index < -0.39 is 0 Å². The SMILES string of the molecule is Clc1ccc(Cl)c(NCc2cc(Br)cs2)c1. The number of nitrogens with one attached hydrogen (secondary N) is 1. The molecule has 0 aliphatic carbocycles. The summed E-state index contributed by atoms with van der Waals surface area (Å²) >= 11 is 17.1. The van der Waals surface area contributed by atoms with Crippen molar-refractivity contribution in [1.82, 2.24) is 0 Å². The Morgan fingerprint density at radius 3 is 2.75 bits per heavy atom. The van der Waals surface area contributed by atoms with Crippen LogP contribution in [-0.4, -0.2) is 0 Å². The van der Waals surface area contributed by atoms with E-state index in [2.05, 4.69) is 32.7 Å². The zero-order chi connectivity index (χ0) is 11.5. The van der Waals surface area contributed by atoms with Crippen molar-refractivity contribution in [3.8, 4) is 0 Å². The summed E-state index contributed by atoms with van der Waals surface area (Å²) in [5.41, 5.74) is 0.860. The minimum Gasteiger partial charge on any atom is -0.379 e. The lowest BCUT2D eigenvalue weighted by molar-refractivity contribution is 1.19. The molecule has 1 nitrogen and oxygen atoms in total. The molecule has 0 radical (unpaired) electrons. The standard InChI is InChI=1S/C11H8BrCl2NS/c12-7-3-9(16-6-7)5-15-11-4-8(13)1-2-10(11)14/h1-4,6,15H,5H2. The molecule has 5 heteroatoms. The number of hydrogen-bond acceptors (Lipinski definition) is 2. The highest BCUT2D eigenvalue weighted by molar-refractivity contribution is 9.10. The molecule has 1 aromatic carbocycles. The molecule has 0 spiro atoms. The van der Waals surface area contributed by atoms with Gasteiger partial charge in [0.25, 0.3) is 0 Å². The van der Waals surface area contributed by atoms with Gasteiger partial charge in [-0.2, -0.15) is 0 Å². The van der Waals surface area contributed by atoms with Crippen LogP contribution < -0.4 is 5.32 Å². The molecule has 0 unspecified atom stereocenters. The van der Waals surface area contributed by atoms with Crippen molar-refractivity contribution in [2.24, 2.45) is 0 Å². The van der Waals surface area contributed by atoms with E-state index in [0.717, 1.165) is 16.7 Å². The number of benzene rings is 1. The minimum absolute atomic E-state index is 0.680. The Hall–Kier alpha value is -0.220. The molecule has 0 fully saturated rings. The van der Waals surface area contributed by atoms with Crippen LogP contribution in [0, 0.1) is 0 Å². The number of hydrogen-bond donors (Lipinski definition) is 1. The number of anilines is 1. The number of thiophene rings is 1. The largest absolute Gasteiger partial charge is 0.379 e. The highest BCUT2D eigenvalue weighted by Crippen LogP contribution is 2.27. The third kappa shape index (κ3) is 3.14. The predicted molar refractivity (Wildman–Crippen MR) is 75.8 cm³/mol. The molecule has 0 aliphatic heterocycles. The van der Waals surface area contributed by atoms with Crippen LogP contribution in [0.15, 0.2) is 34.1 Å². The van der Waals surface area contributed by atoms with Crippen molar-refractivity contribution in [3.63, 3.8) is 0 Å². The Kier molecular flexibility index (Phi) is 4.14. The Balaban J connectivity index is 2.07. The van der Waals surface area contributed by atoms with Gasteiger partial charge in [0.1, 0.15) is 0 Å². The maximum absolute atomic E-state index is 6.04. The smallest absolute Gasteiger partial charge is 0.0638 e. The zero-order valence-electron chi connectivity index (χ0n) is 8.14. The van der Waals surface area contributed by atoms with Crippen LogP contribution in [0.1, 0.15) is 4.88 Å². The molecule has 16 heavy (non-hydrogen) atoms. The van der Waals surface area contributed by atoms with Gasteiger partial charge in [-0.3, -0.25) is 0 Å². The van der Waals surface area contributed by atoms with E-state index in [1.165, 1.54) is 4.88 Å². The first kappa shape index (κ1) is 12.2. The molecular weight excluding hydrogens is 329 g/mol. The van der Waals surface area contributed by atoms with Crippen LogP contribution in [0.3, 0.4) is 0 Å². The molecule has 2 aromatic rings. The molecule has 0 saturated carbocycles. The van der Waals surface area contributed by atoms with E-state index in [1.54, 1.807) is 23.5 Å². The fourth-order valence-corrected chi connectivity index (χ4v) is 3.01. The van der Waals surface area contributed by atoms with E-state index in [9.17, 15) is 0 Å². The summed E-state index contributed by atoms with van der Waals surface area (Å²) < 4.78 is 1.10. The molecule has 2 rings (SSSR count). The van der Waals surface area contributed by atoms with E-state index in [0.29, 0.717) is 10.0 Å². The molecule has 84 valence electrons. The lowest BCUT2D eigenvalue weighted by Gasteiger charge is -2.07. The van der Waals surface area contributed by atoms with Gasteiger partial charge in [0.2, 0.25) is 0 Å². The lowest BCUT2D eigenvalue weighted by Crippen LogP contribution is -1.97. The quantitative estimate of drug-likeness (QED) is 0.788. The second-order valence-corrected chi connectivity index (χ2v) is 5.96. The van der Waals surface area contributed by atoms with Gasteiger partial charge < -0.3 is 5.32 Å². The Morgan fingerprint density at radius 1 is 1.25 bits per heavy atom. The summed E-state index contributed by atoms with van der Waals surface area (Å²) in [4.78, 5) is 1.24. The highest BCUT2D eigenvalue weighted by atomic mass is 79.9. The maximum Gasteiger partial charge on any atom is 0.0638 e. The van der Waals surface area contributed by atoms with Gasteiger partial charge in [0.05, 0.1) is 10.7 Å². The van der Waals surface area contributed by atoms with Gasteiger partial charge in [0.15, 0.2) is 0 Å². The first-order valence-electron chi connectivity index (χ1n) is 4.57. The van der Waals surface area contributed by atoms with E-state index >= 15 is 0 Å². The van der Waals surface area contributed by atoms with Crippen molar-refractivity contribution in [2.75, 3.05) is 5.32 Å². The zero-order valence-corrected chi connectivity index (χ0v) is 12.1. The molecule has 0 bridgehead atoms. The van der Waals surface area contributed by atoms with Gasteiger partial charge in [-0.05, 0) is 40.2 Å². The van der Waals surface area contributed by atoms with Gasteiger partial charge in [0, 0.05) is 26.3 Å².